The molecule has 3 heteroatoms. The van der Waals surface area contributed by atoms with Crippen molar-refractivity contribution in [1.29, 1.82) is 0 Å². The maximum Gasteiger partial charge on any atom is 0.196 e. The highest BCUT2D eigenvalue weighted by atomic mass is 35.5. The molecule has 2 nitrogen and oxygen atoms in total. The molecule has 1 aromatic heterocycles. The Morgan fingerprint density at radius 1 is 1.44 bits per heavy atom. The Labute approximate surface area is 97.8 Å². The van der Waals surface area contributed by atoms with Gasteiger partial charge < -0.3 is 4.42 Å². The van der Waals surface area contributed by atoms with Crippen molar-refractivity contribution in [2.24, 2.45) is 0 Å². The predicted octanol–water partition coefficient (Wildman–Crippen LogP) is 3.01. The van der Waals surface area contributed by atoms with Crippen molar-refractivity contribution in [3.05, 3.63) is 45.3 Å². The summed E-state index contributed by atoms with van der Waals surface area (Å²) in [5.74, 6) is 5.59. The van der Waals surface area contributed by atoms with E-state index in [0.29, 0.717) is 28.0 Å². The SMILES string of the molecule is CC#CCc1coc2ccc(Cl)cc2c1=O. The lowest BCUT2D eigenvalue weighted by molar-refractivity contribution is 0.595. The highest BCUT2D eigenvalue weighted by Crippen LogP contribution is 2.17. The van der Waals surface area contributed by atoms with Crippen molar-refractivity contribution in [1.82, 2.24) is 0 Å². The molecule has 2 aromatic rings. The van der Waals surface area contributed by atoms with E-state index in [0.717, 1.165) is 0 Å². The quantitative estimate of drug-likeness (QED) is 0.708. The second kappa shape index (κ2) is 4.42. The third-order valence-corrected chi connectivity index (χ3v) is 2.50. The summed E-state index contributed by atoms with van der Waals surface area (Å²) in [5, 5.41) is 1.03. The van der Waals surface area contributed by atoms with E-state index < -0.39 is 0 Å². The molecule has 0 atom stereocenters. The lowest BCUT2D eigenvalue weighted by Crippen LogP contribution is -2.07. The minimum absolute atomic E-state index is 0.0634. The van der Waals surface area contributed by atoms with Gasteiger partial charge in [0.1, 0.15) is 5.58 Å². The first-order valence-corrected chi connectivity index (χ1v) is 5.19. The Hall–Kier alpha value is -1.72. The van der Waals surface area contributed by atoms with E-state index >= 15 is 0 Å². The molecule has 0 bridgehead atoms. The lowest BCUT2D eigenvalue weighted by Gasteiger charge is -1.99. The molecular weight excluding hydrogens is 224 g/mol. The number of fused-ring (bicyclic) bond motifs is 1. The summed E-state index contributed by atoms with van der Waals surface area (Å²) in [6.45, 7) is 1.74. The standard InChI is InChI=1S/C13H9ClO2/c1-2-3-4-9-8-16-12-6-5-10(14)7-11(12)13(9)15/h5-8H,4H2,1H3. The summed E-state index contributed by atoms with van der Waals surface area (Å²) < 4.78 is 5.35. The zero-order valence-electron chi connectivity index (χ0n) is 8.71. The van der Waals surface area contributed by atoms with Crippen molar-refractivity contribution in [2.75, 3.05) is 0 Å². The molecule has 0 spiro atoms. The van der Waals surface area contributed by atoms with Crippen LogP contribution in [0, 0.1) is 11.8 Å². The van der Waals surface area contributed by atoms with Crippen molar-refractivity contribution < 1.29 is 4.42 Å². The van der Waals surface area contributed by atoms with E-state index in [1.807, 2.05) is 0 Å². The third kappa shape index (κ3) is 1.95. The summed E-state index contributed by atoms with van der Waals surface area (Å²) in [5.41, 5.74) is 1.04. The highest BCUT2D eigenvalue weighted by molar-refractivity contribution is 6.31. The molecular formula is C13H9ClO2. The van der Waals surface area contributed by atoms with E-state index in [1.165, 1.54) is 6.26 Å². The van der Waals surface area contributed by atoms with Crippen LogP contribution in [0.15, 0.2) is 33.7 Å². The van der Waals surface area contributed by atoms with Gasteiger partial charge in [-0.15, -0.1) is 5.92 Å². The largest absolute Gasteiger partial charge is 0.464 e. The van der Waals surface area contributed by atoms with E-state index in [-0.39, 0.29) is 5.43 Å². The van der Waals surface area contributed by atoms with Crippen LogP contribution in [0.2, 0.25) is 5.02 Å². The fourth-order valence-corrected chi connectivity index (χ4v) is 1.62. The van der Waals surface area contributed by atoms with Crippen molar-refractivity contribution in [2.45, 2.75) is 13.3 Å². The monoisotopic (exact) mass is 232 g/mol. The second-order valence-corrected chi connectivity index (χ2v) is 3.77. The van der Waals surface area contributed by atoms with E-state index in [1.54, 1.807) is 25.1 Å². The Balaban J connectivity index is 2.66. The average molecular weight is 233 g/mol. The van der Waals surface area contributed by atoms with Gasteiger partial charge in [-0.3, -0.25) is 4.79 Å². The topological polar surface area (TPSA) is 30.2 Å². The zero-order chi connectivity index (χ0) is 11.5. The summed E-state index contributed by atoms with van der Waals surface area (Å²) >= 11 is 5.84. The molecule has 0 saturated carbocycles. The molecule has 0 fully saturated rings. The van der Waals surface area contributed by atoms with Gasteiger partial charge in [0, 0.05) is 17.0 Å². The van der Waals surface area contributed by atoms with Crippen LogP contribution in [0.3, 0.4) is 0 Å². The first-order chi connectivity index (χ1) is 7.72. The summed E-state index contributed by atoms with van der Waals surface area (Å²) in [6.07, 6.45) is 1.87. The summed E-state index contributed by atoms with van der Waals surface area (Å²) in [6, 6.07) is 5.00. The van der Waals surface area contributed by atoms with Crippen molar-refractivity contribution >= 4 is 22.6 Å². The first-order valence-electron chi connectivity index (χ1n) is 4.82. The van der Waals surface area contributed by atoms with Crippen LogP contribution >= 0.6 is 11.6 Å². The smallest absolute Gasteiger partial charge is 0.196 e. The van der Waals surface area contributed by atoms with Crippen LogP contribution < -0.4 is 5.43 Å². The Morgan fingerprint density at radius 3 is 3.00 bits per heavy atom. The highest BCUT2D eigenvalue weighted by Gasteiger charge is 2.06. The predicted molar refractivity (Wildman–Crippen MR) is 64.6 cm³/mol. The van der Waals surface area contributed by atoms with Gasteiger partial charge in [0.15, 0.2) is 5.43 Å². The molecule has 1 aromatic carbocycles. The normalized spacial score (nSPS) is 9.88. The van der Waals surface area contributed by atoms with Crippen LogP contribution in [0.1, 0.15) is 12.5 Å². The van der Waals surface area contributed by atoms with E-state index in [2.05, 4.69) is 11.8 Å². The number of halogens is 1. The van der Waals surface area contributed by atoms with Gasteiger partial charge in [-0.2, -0.15) is 0 Å². The van der Waals surface area contributed by atoms with Gasteiger partial charge in [0.05, 0.1) is 11.6 Å². The van der Waals surface area contributed by atoms with Crippen LogP contribution in [0.25, 0.3) is 11.0 Å². The first kappa shape index (κ1) is 10.8. The molecule has 0 amide bonds. The molecule has 0 radical (unpaired) electrons. The minimum Gasteiger partial charge on any atom is -0.464 e. The summed E-state index contributed by atoms with van der Waals surface area (Å²) in [7, 11) is 0. The molecule has 0 aliphatic heterocycles. The van der Waals surface area contributed by atoms with Crippen LogP contribution in [0.4, 0.5) is 0 Å². The lowest BCUT2D eigenvalue weighted by atomic mass is 10.1. The maximum absolute atomic E-state index is 12.0. The minimum atomic E-state index is -0.0634. The number of hydrogen-bond donors (Lipinski definition) is 0. The molecule has 0 unspecified atom stereocenters. The molecule has 80 valence electrons. The van der Waals surface area contributed by atoms with Gasteiger partial charge in [-0.05, 0) is 25.1 Å². The third-order valence-electron chi connectivity index (χ3n) is 2.26. The van der Waals surface area contributed by atoms with Gasteiger partial charge in [0.2, 0.25) is 0 Å². The fourth-order valence-electron chi connectivity index (χ4n) is 1.45. The van der Waals surface area contributed by atoms with Crippen molar-refractivity contribution in [3.8, 4) is 11.8 Å². The van der Waals surface area contributed by atoms with Gasteiger partial charge in [-0.1, -0.05) is 17.5 Å². The molecule has 0 aliphatic carbocycles. The van der Waals surface area contributed by atoms with Crippen molar-refractivity contribution in [3.63, 3.8) is 0 Å². The molecule has 0 saturated heterocycles. The maximum atomic E-state index is 12.0. The Bertz CT molecular complexity index is 644. The Kier molecular flexibility index (Phi) is 2.98. The number of benzene rings is 1. The summed E-state index contributed by atoms with van der Waals surface area (Å²) in [4.78, 5) is 12.0. The zero-order valence-corrected chi connectivity index (χ0v) is 9.47. The van der Waals surface area contributed by atoms with E-state index in [9.17, 15) is 4.79 Å². The number of rotatable bonds is 1. The molecule has 0 N–H and O–H groups in total. The average Bonchev–Trinajstić information content (AvgIpc) is 2.29. The van der Waals surface area contributed by atoms with Gasteiger partial charge >= 0.3 is 0 Å². The van der Waals surface area contributed by atoms with Crippen LogP contribution in [0.5, 0.6) is 0 Å². The Morgan fingerprint density at radius 2 is 2.25 bits per heavy atom. The van der Waals surface area contributed by atoms with Gasteiger partial charge in [-0.25, -0.2) is 0 Å². The van der Waals surface area contributed by atoms with Gasteiger partial charge in [0.25, 0.3) is 0 Å². The van der Waals surface area contributed by atoms with E-state index in [4.69, 9.17) is 16.0 Å². The second-order valence-electron chi connectivity index (χ2n) is 3.33. The number of hydrogen-bond acceptors (Lipinski definition) is 2. The fraction of sp³-hybridized carbons (Fsp3) is 0.154. The molecule has 16 heavy (non-hydrogen) atoms. The van der Waals surface area contributed by atoms with Crippen LogP contribution in [-0.2, 0) is 6.42 Å². The molecule has 0 aliphatic rings. The van der Waals surface area contributed by atoms with Crippen LogP contribution in [-0.4, -0.2) is 0 Å². The molecule has 2 rings (SSSR count). The molecule has 1 heterocycles.